The molecule has 0 aliphatic rings. The third kappa shape index (κ3) is 5.89. The molecular formula is C23H15BrF3N3O3S2. The van der Waals surface area contributed by atoms with Gasteiger partial charge in [-0.25, -0.2) is 13.4 Å². The number of anilines is 2. The molecule has 0 unspecified atom stereocenters. The molecule has 0 spiro atoms. The van der Waals surface area contributed by atoms with Crippen molar-refractivity contribution in [2.24, 2.45) is 0 Å². The molecule has 35 heavy (non-hydrogen) atoms. The number of aromatic nitrogens is 1. The molecule has 1 amide bonds. The van der Waals surface area contributed by atoms with E-state index in [0.717, 1.165) is 23.0 Å². The third-order valence-electron chi connectivity index (χ3n) is 4.75. The van der Waals surface area contributed by atoms with Gasteiger partial charge in [0.2, 0.25) is 0 Å². The highest BCUT2D eigenvalue weighted by molar-refractivity contribution is 9.10. The van der Waals surface area contributed by atoms with E-state index in [1.807, 2.05) is 30.3 Å². The molecule has 3 aromatic carbocycles. The van der Waals surface area contributed by atoms with Crippen molar-refractivity contribution in [3.8, 4) is 11.3 Å². The highest BCUT2D eigenvalue weighted by atomic mass is 79.9. The first kappa shape index (κ1) is 24.9. The van der Waals surface area contributed by atoms with Gasteiger partial charge in [0.05, 0.1) is 27.4 Å². The van der Waals surface area contributed by atoms with Crippen molar-refractivity contribution in [3.63, 3.8) is 0 Å². The molecule has 4 aromatic rings. The van der Waals surface area contributed by atoms with Crippen molar-refractivity contribution in [1.29, 1.82) is 0 Å². The molecule has 12 heteroatoms. The fourth-order valence-electron chi connectivity index (χ4n) is 3.06. The van der Waals surface area contributed by atoms with Gasteiger partial charge in [-0.3, -0.25) is 14.8 Å². The van der Waals surface area contributed by atoms with Crippen LogP contribution in [0.5, 0.6) is 0 Å². The summed E-state index contributed by atoms with van der Waals surface area (Å²) in [5, 5.41) is 4.45. The number of rotatable bonds is 6. The molecule has 180 valence electrons. The van der Waals surface area contributed by atoms with Crippen LogP contribution in [-0.2, 0) is 16.2 Å². The van der Waals surface area contributed by atoms with E-state index in [9.17, 15) is 26.4 Å². The van der Waals surface area contributed by atoms with E-state index in [2.05, 4.69) is 31.0 Å². The van der Waals surface area contributed by atoms with Gasteiger partial charge in [0.1, 0.15) is 0 Å². The highest BCUT2D eigenvalue weighted by Crippen LogP contribution is 2.34. The maximum atomic E-state index is 13.3. The normalized spacial score (nSPS) is 11.8. The number of carbonyl (C=O) groups excluding carboxylic acids is 1. The van der Waals surface area contributed by atoms with Gasteiger partial charge >= 0.3 is 6.18 Å². The quantitative estimate of drug-likeness (QED) is 0.267. The van der Waals surface area contributed by atoms with E-state index in [0.29, 0.717) is 22.3 Å². The standard InChI is InChI=1S/C23H15BrF3N3O3S2/c24-16-7-9-17(10-8-16)35(32,33)30-19-12-15(23(25,26)27)6-11-18(19)21(31)29-22-28-20(13-34-22)14-4-2-1-3-5-14/h1-13,30H,(H,28,29,31). The lowest BCUT2D eigenvalue weighted by Crippen LogP contribution is -2.20. The number of sulfonamides is 1. The molecule has 4 rings (SSSR count). The molecule has 2 N–H and O–H groups in total. The number of halogens is 4. The largest absolute Gasteiger partial charge is 0.416 e. The lowest BCUT2D eigenvalue weighted by atomic mass is 10.1. The van der Waals surface area contributed by atoms with Crippen LogP contribution in [0.2, 0.25) is 0 Å². The predicted molar refractivity (Wildman–Crippen MR) is 132 cm³/mol. The summed E-state index contributed by atoms with van der Waals surface area (Å²) in [5.74, 6) is -0.818. The van der Waals surface area contributed by atoms with Gasteiger partial charge in [0.25, 0.3) is 15.9 Å². The number of alkyl halides is 3. The molecule has 0 saturated carbocycles. The zero-order chi connectivity index (χ0) is 25.2. The number of hydrogen-bond donors (Lipinski definition) is 2. The molecule has 6 nitrogen and oxygen atoms in total. The first-order valence-corrected chi connectivity index (χ1v) is 13.0. The van der Waals surface area contributed by atoms with E-state index in [4.69, 9.17) is 0 Å². The Bertz CT molecular complexity index is 1470. The van der Waals surface area contributed by atoms with Crippen LogP contribution in [-0.4, -0.2) is 19.3 Å². The summed E-state index contributed by atoms with van der Waals surface area (Å²) in [6, 6.07) is 16.9. The van der Waals surface area contributed by atoms with Crippen molar-refractivity contribution < 1.29 is 26.4 Å². The summed E-state index contributed by atoms with van der Waals surface area (Å²) >= 11 is 4.32. The Labute approximate surface area is 211 Å². The van der Waals surface area contributed by atoms with Crippen molar-refractivity contribution in [2.75, 3.05) is 10.0 Å². The van der Waals surface area contributed by atoms with Gasteiger partial charge in [0.15, 0.2) is 5.13 Å². The second-order valence-electron chi connectivity index (χ2n) is 7.18. The highest BCUT2D eigenvalue weighted by Gasteiger charge is 2.32. The first-order valence-electron chi connectivity index (χ1n) is 9.85. The Morgan fingerprint density at radius 2 is 1.66 bits per heavy atom. The number of hydrogen-bond acceptors (Lipinski definition) is 5. The minimum absolute atomic E-state index is 0.183. The SMILES string of the molecule is O=C(Nc1nc(-c2ccccc2)cs1)c1ccc(C(F)(F)F)cc1NS(=O)(=O)c1ccc(Br)cc1. The summed E-state index contributed by atoms with van der Waals surface area (Å²) in [7, 11) is -4.28. The van der Waals surface area contributed by atoms with Crippen LogP contribution in [0.15, 0.2) is 87.5 Å². The fraction of sp³-hybridized carbons (Fsp3) is 0.0435. The van der Waals surface area contributed by atoms with Gasteiger partial charge in [-0.1, -0.05) is 46.3 Å². The summed E-state index contributed by atoms with van der Waals surface area (Å²) in [6.07, 6.45) is -4.74. The van der Waals surface area contributed by atoms with E-state index in [1.165, 1.54) is 24.3 Å². The lowest BCUT2D eigenvalue weighted by molar-refractivity contribution is -0.137. The maximum absolute atomic E-state index is 13.3. The van der Waals surface area contributed by atoms with Crippen LogP contribution in [0.1, 0.15) is 15.9 Å². The number of nitrogens with zero attached hydrogens (tertiary/aromatic N) is 1. The molecule has 1 aromatic heterocycles. The lowest BCUT2D eigenvalue weighted by Gasteiger charge is -2.15. The van der Waals surface area contributed by atoms with Crippen LogP contribution >= 0.6 is 27.3 Å². The van der Waals surface area contributed by atoms with Crippen molar-refractivity contribution in [1.82, 2.24) is 4.98 Å². The Morgan fingerprint density at radius 1 is 0.971 bits per heavy atom. The molecule has 1 heterocycles. The molecule has 0 radical (unpaired) electrons. The number of benzene rings is 3. The Morgan fingerprint density at radius 3 is 2.31 bits per heavy atom. The smallest absolute Gasteiger partial charge is 0.298 e. The topological polar surface area (TPSA) is 88.2 Å². The summed E-state index contributed by atoms with van der Waals surface area (Å²) in [4.78, 5) is 17.1. The van der Waals surface area contributed by atoms with Gasteiger partial charge in [-0.2, -0.15) is 13.2 Å². The van der Waals surface area contributed by atoms with E-state index in [-0.39, 0.29) is 15.6 Å². The fourth-order valence-corrected chi connectivity index (χ4v) is 5.11. The van der Waals surface area contributed by atoms with E-state index >= 15 is 0 Å². The second-order valence-corrected chi connectivity index (χ2v) is 10.6. The zero-order valence-electron chi connectivity index (χ0n) is 17.5. The van der Waals surface area contributed by atoms with Crippen LogP contribution in [0, 0.1) is 0 Å². The predicted octanol–water partition coefficient (Wildman–Crippen LogP) is 6.64. The number of nitrogens with one attached hydrogen (secondary N) is 2. The molecule has 0 saturated heterocycles. The Kier molecular flexibility index (Phi) is 6.97. The second kappa shape index (κ2) is 9.80. The van der Waals surface area contributed by atoms with Crippen molar-refractivity contribution in [2.45, 2.75) is 11.1 Å². The maximum Gasteiger partial charge on any atom is 0.416 e. The van der Waals surface area contributed by atoms with Gasteiger partial charge in [0, 0.05) is 15.4 Å². The summed E-state index contributed by atoms with van der Waals surface area (Å²) < 4.78 is 68.3. The summed E-state index contributed by atoms with van der Waals surface area (Å²) in [5.41, 5.74) is -0.491. The Hall–Kier alpha value is -3.22. The molecule has 0 bridgehead atoms. The number of thiazole rings is 1. The van der Waals surface area contributed by atoms with Gasteiger partial charge < -0.3 is 0 Å². The summed E-state index contributed by atoms with van der Waals surface area (Å²) in [6.45, 7) is 0. The molecule has 0 atom stereocenters. The van der Waals surface area contributed by atoms with Crippen LogP contribution in [0.4, 0.5) is 24.0 Å². The molecule has 0 fully saturated rings. The minimum atomic E-state index is -4.74. The average molecular weight is 582 g/mol. The minimum Gasteiger partial charge on any atom is -0.298 e. The average Bonchev–Trinajstić information content (AvgIpc) is 3.27. The van der Waals surface area contributed by atoms with Gasteiger partial charge in [-0.05, 0) is 42.5 Å². The molecule has 0 aliphatic carbocycles. The molecular weight excluding hydrogens is 567 g/mol. The zero-order valence-corrected chi connectivity index (χ0v) is 20.7. The van der Waals surface area contributed by atoms with Crippen molar-refractivity contribution in [3.05, 3.63) is 93.8 Å². The molecule has 0 aliphatic heterocycles. The third-order valence-corrected chi connectivity index (χ3v) is 7.42. The van der Waals surface area contributed by atoms with E-state index in [1.54, 1.807) is 5.38 Å². The Balaban J connectivity index is 1.66. The number of amides is 1. The monoisotopic (exact) mass is 581 g/mol. The van der Waals surface area contributed by atoms with Gasteiger partial charge in [-0.15, -0.1) is 11.3 Å². The number of carbonyl (C=O) groups is 1. The van der Waals surface area contributed by atoms with E-state index < -0.39 is 33.4 Å². The van der Waals surface area contributed by atoms with Crippen molar-refractivity contribution >= 4 is 54.0 Å². The first-order chi connectivity index (χ1) is 16.5. The van der Waals surface area contributed by atoms with Crippen LogP contribution in [0.3, 0.4) is 0 Å². The van der Waals surface area contributed by atoms with Crippen LogP contribution in [0.25, 0.3) is 11.3 Å². The van der Waals surface area contributed by atoms with Crippen LogP contribution < -0.4 is 10.0 Å².